The molecule has 1 aliphatic rings. The van der Waals surface area contributed by atoms with Crippen molar-refractivity contribution in [3.05, 3.63) is 18.2 Å². The second kappa shape index (κ2) is 5.65. The van der Waals surface area contributed by atoms with Crippen LogP contribution in [0.1, 0.15) is 25.1 Å². The molecular weight excluding hydrogens is 214 g/mol. The van der Waals surface area contributed by atoms with Crippen LogP contribution in [0.3, 0.4) is 0 Å². The largest absolute Gasteiger partial charge is 0.385 e. The van der Waals surface area contributed by atoms with Crippen molar-refractivity contribution in [2.24, 2.45) is 12.5 Å². The van der Waals surface area contributed by atoms with Crippen LogP contribution >= 0.6 is 0 Å². The van der Waals surface area contributed by atoms with E-state index in [1.54, 1.807) is 7.11 Å². The SMILES string of the molecule is COCCC1(CNCCc2nccn2C)CC1. The van der Waals surface area contributed by atoms with Crippen molar-refractivity contribution in [3.8, 4) is 0 Å². The van der Waals surface area contributed by atoms with E-state index in [2.05, 4.69) is 14.9 Å². The molecule has 1 aromatic heterocycles. The van der Waals surface area contributed by atoms with Crippen LogP contribution in [0.25, 0.3) is 0 Å². The molecule has 1 N–H and O–H groups in total. The van der Waals surface area contributed by atoms with Crippen LogP contribution in [-0.2, 0) is 18.2 Å². The van der Waals surface area contributed by atoms with Gasteiger partial charge in [-0.25, -0.2) is 4.98 Å². The molecule has 4 nitrogen and oxygen atoms in total. The van der Waals surface area contributed by atoms with Gasteiger partial charge in [0.05, 0.1) is 0 Å². The Labute approximate surface area is 103 Å². The Kier molecular flexibility index (Phi) is 4.18. The molecule has 0 atom stereocenters. The van der Waals surface area contributed by atoms with E-state index in [1.807, 2.05) is 19.4 Å². The van der Waals surface area contributed by atoms with Gasteiger partial charge in [0.25, 0.3) is 0 Å². The lowest BCUT2D eigenvalue weighted by Gasteiger charge is -2.15. The Hall–Kier alpha value is -0.870. The Morgan fingerprint density at radius 1 is 1.53 bits per heavy atom. The highest BCUT2D eigenvalue weighted by atomic mass is 16.5. The molecule has 1 aliphatic carbocycles. The number of aromatic nitrogens is 2. The van der Waals surface area contributed by atoms with Crippen LogP contribution in [0.2, 0.25) is 0 Å². The summed E-state index contributed by atoms with van der Waals surface area (Å²) >= 11 is 0. The maximum atomic E-state index is 5.16. The first kappa shape index (κ1) is 12.6. The Bertz CT molecular complexity index is 344. The standard InChI is InChI=1S/C13H23N3O/c1-16-9-8-15-12(16)3-7-14-11-13(4-5-13)6-10-17-2/h8-9,14H,3-7,10-11H2,1-2H3. The first-order valence-electron chi connectivity index (χ1n) is 6.42. The van der Waals surface area contributed by atoms with Gasteiger partial charge < -0.3 is 14.6 Å². The van der Waals surface area contributed by atoms with Crippen molar-refractivity contribution in [1.82, 2.24) is 14.9 Å². The number of rotatable bonds is 8. The Morgan fingerprint density at radius 3 is 2.94 bits per heavy atom. The summed E-state index contributed by atoms with van der Waals surface area (Å²) in [4.78, 5) is 4.32. The lowest BCUT2D eigenvalue weighted by Crippen LogP contribution is -2.27. The molecular formula is C13H23N3O. The molecule has 1 aromatic rings. The summed E-state index contributed by atoms with van der Waals surface area (Å²) in [6.45, 7) is 3.03. The highest BCUT2D eigenvalue weighted by Gasteiger charge is 2.41. The van der Waals surface area contributed by atoms with Crippen LogP contribution in [0.5, 0.6) is 0 Å². The number of methoxy groups -OCH3 is 1. The summed E-state index contributed by atoms with van der Waals surface area (Å²) in [6, 6.07) is 0. The minimum Gasteiger partial charge on any atom is -0.385 e. The summed E-state index contributed by atoms with van der Waals surface area (Å²) in [7, 11) is 3.83. The predicted molar refractivity (Wildman–Crippen MR) is 67.9 cm³/mol. The quantitative estimate of drug-likeness (QED) is 0.694. The highest BCUT2D eigenvalue weighted by molar-refractivity contribution is 4.96. The van der Waals surface area contributed by atoms with Crippen molar-refractivity contribution in [2.45, 2.75) is 25.7 Å². The van der Waals surface area contributed by atoms with Gasteiger partial charge in [0.15, 0.2) is 0 Å². The summed E-state index contributed by atoms with van der Waals surface area (Å²) in [6.07, 6.45) is 8.76. The Balaban J connectivity index is 1.62. The van der Waals surface area contributed by atoms with Gasteiger partial charge >= 0.3 is 0 Å². The second-order valence-corrected chi connectivity index (χ2v) is 5.12. The molecule has 2 rings (SSSR count). The Morgan fingerprint density at radius 2 is 2.35 bits per heavy atom. The molecule has 1 saturated carbocycles. The lowest BCUT2D eigenvalue weighted by molar-refractivity contribution is 0.171. The van der Waals surface area contributed by atoms with E-state index in [9.17, 15) is 0 Å². The number of nitrogens with one attached hydrogen (secondary N) is 1. The minimum absolute atomic E-state index is 0.539. The maximum Gasteiger partial charge on any atom is 0.109 e. The third-order valence-electron chi connectivity index (χ3n) is 3.74. The molecule has 0 spiro atoms. The van der Waals surface area contributed by atoms with Gasteiger partial charge in [-0.15, -0.1) is 0 Å². The van der Waals surface area contributed by atoms with Crippen LogP contribution in [0.4, 0.5) is 0 Å². The van der Waals surface area contributed by atoms with Crippen molar-refractivity contribution in [1.29, 1.82) is 0 Å². The first-order chi connectivity index (χ1) is 8.26. The monoisotopic (exact) mass is 237 g/mol. The molecule has 0 amide bonds. The van der Waals surface area contributed by atoms with Gasteiger partial charge in [0.1, 0.15) is 5.82 Å². The summed E-state index contributed by atoms with van der Waals surface area (Å²) < 4.78 is 7.24. The molecule has 0 unspecified atom stereocenters. The summed E-state index contributed by atoms with van der Waals surface area (Å²) in [5.74, 6) is 1.15. The molecule has 17 heavy (non-hydrogen) atoms. The number of hydrogen-bond acceptors (Lipinski definition) is 3. The van der Waals surface area contributed by atoms with E-state index >= 15 is 0 Å². The van der Waals surface area contributed by atoms with E-state index in [0.29, 0.717) is 5.41 Å². The predicted octanol–water partition coefficient (Wildman–Crippen LogP) is 1.37. The average Bonchev–Trinajstić information content (AvgIpc) is 2.99. The zero-order valence-corrected chi connectivity index (χ0v) is 10.9. The van der Waals surface area contributed by atoms with Gasteiger partial charge in [-0.2, -0.15) is 0 Å². The van der Waals surface area contributed by atoms with Crippen LogP contribution in [0.15, 0.2) is 12.4 Å². The van der Waals surface area contributed by atoms with E-state index in [4.69, 9.17) is 4.74 Å². The average molecular weight is 237 g/mol. The number of hydrogen-bond donors (Lipinski definition) is 1. The van der Waals surface area contributed by atoms with Gasteiger partial charge in [-0.05, 0) is 24.7 Å². The normalized spacial score (nSPS) is 17.3. The fourth-order valence-electron chi connectivity index (χ4n) is 2.20. The summed E-state index contributed by atoms with van der Waals surface area (Å²) in [5.41, 5.74) is 0.539. The molecule has 96 valence electrons. The molecule has 0 aromatic carbocycles. The van der Waals surface area contributed by atoms with Crippen molar-refractivity contribution < 1.29 is 4.74 Å². The van der Waals surface area contributed by atoms with Crippen LogP contribution in [-0.4, -0.2) is 36.4 Å². The lowest BCUT2D eigenvalue weighted by atomic mass is 10.0. The molecule has 0 saturated heterocycles. The number of nitrogens with zero attached hydrogens (tertiary/aromatic N) is 2. The second-order valence-electron chi connectivity index (χ2n) is 5.12. The van der Waals surface area contributed by atoms with Gasteiger partial charge in [-0.1, -0.05) is 0 Å². The fourth-order valence-corrected chi connectivity index (χ4v) is 2.20. The fraction of sp³-hybridized carbons (Fsp3) is 0.769. The number of ether oxygens (including phenoxy) is 1. The van der Waals surface area contributed by atoms with Crippen LogP contribution in [0, 0.1) is 5.41 Å². The van der Waals surface area contributed by atoms with Crippen molar-refractivity contribution >= 4 is 0 Å². The molecule has 4 heteroatoms. The molecule has 0 radical (unpaired) electrons. The van der Waals surface area contributed by atoms with Gasteiger partial charge in [0.2, 0.25) is 0 Å². The summed E-state index contributed by atoms with van der Waals surface area (Å²) in [5, 5.41) is 3.55. The van der Waals surface area contributed by atoms with E-state index in [-0.39, 0.29) is 0 Å². The number of aryl methyl sites for hydroxylation is 1. The van der Waals surface area contributed by atoms with E-state index in [1.165, 1.54) is 19.3 Å². The van der Waals surface area contributed by atoms with Crippen LogP contribution < -0.4 is 5.32 Å². The molecule has 1 heterocycles. The molecule has 1 fully saturated rings. The third kappa shape index (κ3) is 3.54. The first-order valence-corrected chi connectivity index (χ1v) is 6.42. The van der Waals surface area contributed by atoms with Crippen molar-refractivity contribution in [2.75, 3.05) is 26.8 Å². The molecule has 0 aliphatic heterocycles. The van der Waals surface area contributed by atoms with Gasteiger partial charge in [0, 0.05) is 52.7 Å². The smallest absolute Gasteiger partial charge is 0.109 e. The topological polar surface area (TPSA) is 39.1 Å². The number of imidazole rings is 1. The zero-order valence-electron chi connectivity index (χ0n) is 10.9. The highest BCUT2D eigenvalue weighted by Crippen LogP contribution is 2.48. The minimum atomic E-state index is 0.539. The zero-order chi connectivity index (χ0) is 12.1. The third-order valence-corrected chi connectivity index (χ3v) is 3.74. The van der Waals surface area contributed by atoms with E-state index < -0.39 is 0 Å². The van der Waals surface area contributed by atoms with Gasteiger partial charge in [-0.3, -0.25) is 0 Å². The van der Waals surface area contributed by atoms with E-state index in [0.717, 1.165) is 31.9 Å². The maximum absolute atomic E-state index is 5.16. The van der Waals surface area contributed by atoms with Crippen molar-refractivity contribution in [3.63, 3.8) is 0 Å². The molecule has 0 bridgehead atoms.